The third-order valence-electron chi connectivity index (χ3n) is 1.14. The molecule has 0 aliphatic heterocycles. The van der Waals surface area contributed by atoms with Crippen LogP contribution < -0.4 is 5.32 Å². The summed E-state index contributed by atoms with van der Waals surface area (Å²) in [5.74, 6) is 1.20. The SMILES string of the molecule is CSCCCNC[C@H](C)O. The Labute approximate surface area is 67.4 Å². The van der Waals surface area contributed by atoms with Crippen molar-refractivity contribution < 1.29 is 5.11 Å². The number of rotatable bonds is 6. The quantitative estimate of drug-likeness (QED) is 0.566. The van der Waals surface area contributed by atoms with E-state index in [4.69, 9.17) is 5.11 Å². The number of aliphatic hydroxyl groups is 1. The molecule has 0 amide bonds. The summed E-state index contributed by atoms with van der Waals surface area (Å²) in [7, 11) is 0. The van der Waals surface area contributed by atoms with Gasteiger partial charge in [0, 0.05) is 6.54 Å². The van der Waals surface area contributed by atoms with Gasteiger partial charge in [0.05, 0.1) is 6.10 Å². The van der Waals surface area contributed by atoms with E-state index in [2.05, 4.69) is 11.6 Å². The average molecular weight is 163 g/mol. The Balaban J connectivity index is 2.77. The molecule has 0 rings (SSSR count). The van der Waals surface area contributed by atoms with Gasteiger partial charge < -0.3 is 10.4 Å². The molecule has 10 heavy (non-hydrogen) atoms. The second kappa shape index (κ2) is 7.38. The summed E-state index contributed by atoms with van der Waals surface area (Å²) in [6, 6.07) is 0. The summed E-state index contributed by atoms with van der Waals surface area (Å²) >= 11 is 1.86. The number of hydrogen-bond donors (Lipinski definition) is 2. The molecule has 0 spiro atoms. The van der Waals surface area contributed by atoms with Crippen LogP contribution in [-0.2, 0) is 0 Å². The zero-order valence-electron chi connectivity index (χ0n) is 6.76. The van der Waals surface area contributed by atoms with Crippen LogP contribution in [0.5, 0.6) is 0 Å². The lowest BCUT2D eigenvalue weighted by atomic mass is 10.4. The highest BCUT2D eigenvalue weighted by molar-refractivity contribution is 7.98. The Morgan fingerprint density at radius 2 is 2.30 bits per heavy atom. The summed E-state index contributed by atoms with van der Waals surface area (Å²) in [6.45, 7) is 3.53. The lowest BCUT2D eigenvalue weighted by Gasteiger charge is -2.05. The fraction of sp³-hybridized carbons (Fsp3) is 1.00. The highest BCUT2D eigenvalue weighted by Gasteiger charge is 1.92. The van der Waals surface area contributed by atoms with Crippen molar-refractivity contribution in [2.75, 3.05) is 25.1 Å². The van der Waals surface area contributed by atoms with E-state index in [0.29, 0.717) is 6.54 Å². The molecule has 1 atom stereocenters. The van der Waals surface area contributed by atoms with Crippen molar-refractivity contribution >= 4 is 11.8 Å². The van der Waals surface area contributed by atoms with Crippen LogP contribution >= 0.6 is 11.8 Å². The minimum Gasteiger partial charge on any atom is -0.392 e. The predicted molar refractivity (Wildman–Crippen MR) is 47.5 cm³/mol. The summed E-state index contributed by atoms with van der Waals surface area (Å²) in [5, 5.41) is 12.0. The Morgan fingerprint density at radius 3 is 2.80 bits per heavy atom. The van der Waals surface area contributed by atoms with Crippen LogP contribution in [0, 0.1) is 0 Å². The standard InChI is InChI=1S/C7H17NOS/c1-7(9)6-8-4-3-5-10-2/h7-9H,3-6H2,1-2H3/t7-/m0/s1. The van der Waals surface area contributed by atoms with Crippen LogP contribution in [0.3, 0.4) is 0 Å². The lowest BCUT2D eigenvalue weighted by molar-refractivity contribution is 0.191. The summed E-state index contributed by atoms with van der Waals surface area (Å²) in [6.07, 6.45) is 3.08. The van der Waals surface area contributed by atoms with Crippen LogP contribution in [0.1, 0.15) is 13.3 Å². The average Bonchev–Trinajstić information content (AvgIpc) is 1.87. The molecule has 0 aliphatic rings. The van der Waals surface area contributed by atoms with Crippen molar-refractivity contribution in [3.05, 3.63) is 0 Å². The normalized spacial score (nSPS) is 13.5. The first-order chi connectivity index (χ1) is 4.77. The smallest absolute Gasteiger partial charge is 0.0636 e. The predicted octanol–water partition coefficient (Wildman–Crippen LogP) is 0.710. The van der Waals surface area contributed by atoms with Crippen LogP contribution in [0.15, 0.2) is 0 Å². The largest absolute Gasteiger partial charge is 0.392 e. The third-order valence-corrected chi connectivity index (χ3v) is 1.84. The van der Waals surface area contributed by atoms with Gasteiger partial charge in [0.15, 0.2) is 0 Å². The number of aliphatic hydroxyl groups excluding tert-OH is 1. The summed E-state index contributed by atoms with van der Waals surface area (Å²) < 4.78 is 0. The van der Waals surface area contributed by atoms with E-state index in [1.165, 1.54) is 12.2 Å². The van der Waals surface area contributed by atoms with Crippen molar-refractivity contribution in [1.29, 1.82) is 0 Å². The molecule has 0 radical (unpaired) electrons. The monoisotopic (exact) mass is 163 g/mol. The maximum Gasteiger partial charge on any atom is 0.0636 e. The lowest BCUT2D eigenvalue weighted by Crippen LogP contribution is -2.25. The Hall–Kier alpha value is 0.270. The first-order valence-corrected chi connectivity index (χ1v) is 5.04. The van der Waals surface area contributed by atoms with E-state index in [9.17, 15) is 0 Å². The summed E-state index contributed by atoms with van der Waals surface area (Å²) in [4.78, 5) is 0. The molecule has 0 unspecified atom stereocenters. The molecule has 2 nitrogen and oxygen atoms in total. The van der Waals surface area contributed by atoms with Crippen molar-refractivity contribution in [3.8, 4) is 0 Å². The fourth-order valence-corrected chi connectivity index (χ4v) is 1.09. The van der Waals surface area contributed by atoms with Gasteiger partial charge in [-0.1, -0.05) is 0 Å². The Morgan fingerprint density at radius 1 is 1.60 bits per heavy atom. The molecule has 0 heterocycles. The molecular weight excluding hydrogens is 146 g/mol. The van der Waals surface area contributed by atoms with Gasteiger partial charge >= 0.3 is 0 Å². The minimum absolute atomic E-state index is 0.214. The van der Waals surface area contributed by atoms with Crippen LogP contribution in [0.4, 0.5) is 0 Å². The van der Waals surface area contributed by atoms with Gasteiger partial charge in [-0.2, -0.15) is 11.8 Å². The zero-order chi connectivity index (χ0) is 7.82. The van der Waals surface area contributed by atoms with E-state index >= 15 is 0 Å². The van der Waals surface area contributed by atoms with Crippen LogP contribution in [0.2, 0.25) is 0 Å². The summed E-state index contributed by atoms with van der Waals surface area (Å²) in [5.41, 5.74) is 0. The van der Waals surface area contributed by atoms with Crippen molar-refractivity contribution in [2.45, 2.75) is 19.4 Å². The van der Waals surface area contributed by atoms with E-state index < -0.39 is 0 Å². The molecule has 0 aromatic carbocycles. The second-order valence-electron chi connectivity index (χ2n) is 2.40. The van der Waals surface area contributed by atoms with E-state index in [1.54, 1.807) is 6.92 Å². The van der Waals surface area contributed by atoms with E-state index in [1.807, 2.05) is 11.8 Å². The molecule has 2 N–H and O–H groups in total. The van der Waals surface area contributed by atoms with Gasteiger partial charge in [-0.25, -0.2) is 0 Å². The first kappa shape index (κ1) is 10.3. The van der Waals surface area contributed by atoms with Gasteiger partial charge in [-0.15, -0.1) is 0 Å². The minimum atomic E-state index is -0.214. The highest BCUT2D eigenvalue weighted by atomic mass is 32.2. The van der Waals surface area contributed by atoms with Crippen molar-refractivity contribution in [3.63, 3.8) is 0 Å². The molecule has 0 aromatic heterocycles. The van der Waals surface area contributed by atoms with E-state index in [-0.39, 0.29) is 6.10 Å². The number of hydrogen-bond acceptors (Lipinski definition) is 3. The molecule has 0 aromatic rings. The maximum atomic E-state index is 8.84. The van der Waals surface area contributed by atoms with Crippen LogP contribution in [0.25, 0.3) is 0 Å². The maximum absolute atomic E-state index is 8.84. The van der Waals surface area contributed by atoms with Gasteiger partial charge in [-0.3, -0.25) is 0 Å². The molecule has 0 fully saturated rings. The third kappa shape index (κ3) is 8.27. The van der Waals surface area contributed by atoms with Crippen LogP contribution in [-0.4, -0.2) is 36.3 Å². The van der Waals surface area contributed by atoms with E-state index in [0.717, 1.165) is 6.54 Å². The topological polar surface area (TPSA) is 32.3 Å². The van der Waals surface area contributed by atoms with Gasteiger partial charge in [0.1, 0.15) is 0 Å². The number of thioether (sulfide) groups is 1. The van der Waals surface area contributed by atoms with Gasteiger partial charge in [0.2, 0.25) is 0 Å². The first-order valence-electron chi connectivity index (χ1n) is 3.65. The molecular formula is C7H17NOS. The molecule has 62 valence electrons. The Kier molecular flexibility index (Phi) is 7.58. The van der Waals surface area contributed by atoms with Crippen molar-refractivity contribution in [2.24, 2.45) is 0 Å². The molecule has 3 heteroatoms. The van der Waals surface area contributed by atoms with Gasteiger partial charge in [0.25, 0.3) is 0 Å². The molecule has 0 bridgehead atoms. The molecule has 0 saturated heterocycles. The fourth-order valence-electron chi connectivity index (χ4n) is 0.652. The highest BCUT2D eigenvalue weighted by Crippen LogP contribution is 1.92. The molecule has 0 saturated carbocycles. The molecule has 0 aliphatic carbocycles. The number of nitrogens with one attached hydrogen (secondary N) is 1. The Bertz CT molecular complexity index is 68.6. The zero-order valence-corrected chi connectivity index (χ0v) is 7.58. The van der Waals surface area contributed by atoms with Gasteiger partial charge in [-0.05, 0) is 31.9 Å². The van der Waals surface area contributed by atoms with Crippen molar-refractivity contribution in [1.82, 2.24) is 5.32 Å². The second-order valence-corrected chi connectivity index (χ2v) is 3.39.